The van der Waals surface area contributed by atoms with E-state index in [4.69, 9.17) is 16.7 Å². The smallest absolute Gasteiger partial charge is 0.337 e. The van der Waals surface area contributed by atoms with Crippen LogP contribution >= 0.6 is 11.6 Å². The Bertz CT molecular complexity index is 612. The summed E-state index contributed by atoms with van der Waals surface area (Å²) < 4.78 is 1.77. The minimum atomic E-state index is -1.03. The number of carboxylic acids is 1. The third-order valence-corrected chi connectivity index (χ3v) is 2.95. The molecular weight excluding hydrogens is 268 g/mol. The van der Waals surface area contributed by atoms with Crippen LogP contribution in [0, 0.1) is 0 Å². The number of nitrogens with one attached hydrogen (secondary N) is 1. The maximum atomic E-state index is 11.2. The molecule has 1 aromatic heterocycles. The first-order valence-electron chi connectivity index (χ1n) is 5.62. The number of carbonyl (C=O) groups is 1. The van der Waals surface area contributed by atoms with E-state index < -0.39 is 5.97 Å². The van der Waals surface area contributed by atoms with Gasteiger partial charge in [-0.2, -0.15) is 0 Å². The molecule has 1 atom stereocenters. The number of aromatic nitrogens is 3. The molecule has 2 N–H and O–H groups in total. The highest BCUT2D eigenvalue weighted by Gasteiger charge is 2.16. The highest BCUT2D eigenvalue weighted by Crippen LogP contribution is 2.24. The van der Waals surface area contributed by atoms with Gasteiger partial charge in [0.25, 0.3) is 0 Å². The Morgan fingerprint density at radius 3 is 2.84 bits per heavy atom. The van der Waals surface area contributed by atoms with Gasteiger partial charge in [-0.25, -0.2) is 4.79 Å². The van der Waals surface area contributed by atoms with Crippen molar-refractivity contribution < 1.29 is 9.90 Å². The van der Waals surface area contributed by atoms with Gasteiger partial charge in [0, 0.05) is 17.8 Å². The number of anilines is 1. The summed E-state index contributed by atoms with van der Waals surface area (Å²) in [5.74, 6) is -0.318. The van der Waals surface area contributed by atoms with E-state index in [1.165, 1.54) is 6.07 Å². The van der Waals surface area contributed by atoms with Crippen molar-refractivity contribution in [3.05, 3.63) is 40.9 Å². The van der Waals surface area contributed by atoms with Crippen molar-refractivity contribution in [1.29, 1.82) is 0 Å². The fraction of sp³-hybridized carbons (Fsp3) is 0.250. The van der Waals surface area contributed by atoms with Gasteiger partial charge in [-0.1, -0.05) is 11.6 Å². The van der Waals surface area contributed by atoms with Crippen LogP contribution in [0.4, 0.5) is 5.69 Å². The van der Waals surface area contributed by atoms with Crippen LogP contribution < -0.4 is 5.32 Å². The first-order chi connectivity index (χ1) is 8.99. The second-order valence-electron chi connectivity index (χ2n) is 4.16. The number of aryl methyl sites for hydroxylation is 1. The van der Waals surface area contributed by atoms with E-state index in [2.05, 4.69) is 15.5 Å². The van der Waals surface area contributed by atoms with Gasteiger partial charge in [-0.3, -0.25) is 0 Å². The monoisotopic (exact) mass is 280 g/mol. The van der Waals surface area contributed by atoms with Crippen LogP contribution in [0.2, 0.25) is 5.02 Å². The third-order valence-electron chi connectivity index (χ3n) is 2.72. The van der Waals surface area contributed by atoms with Crippen molar-refractivity contribution in [3.8, 4) is 0 Å². The second kappa shape index (κ2) is 5.27. The average molecular weight is 281 g/mol. The zero-order valence-corrected chi connectivity index (χ0v) is 11.2. The molecule has 1 heterocycles. The summed E-state index contributed by atoms with van der Waals surface area (Å²) >= 11 is 5.80. The molecule has 0 aliphatic rings. The Morgan fingerprint density at radius 2 is 2.26 bits per heavy atom. The van der Waals surface area contributed by atoms with Gasteiger partial charge < -0.3 is 15.0 Å². The maximum absolute atomic E-state index is 11.2. The van der Waals surface area contributed by atoms with Crippen molar-refractivity contribution in [2.24, 2.45) is 7.05 Å². The van der Waals surface area contributed by atoms with Crippen LogP contribution in [0.3, 0.4) is 0 Å². The Hall–Kier alpha value is -2.08. The number of benzene rings is 1. The summed E-state index contributed by atoms with van der Waals surface area (Å²) in [6.45, 7) is 1.88. The van der Waals surface area contributed by atoms with E-state index in [-0.39, 0.29) is 11.6 Å². The lowest BCUT2D eigenvalue weighted by molar-refractivity contribution is 0.0698. The van der Waals surface area contributed by atoms with E-state index >= 15 is 0 Å². The molecule has 0 radical (unpaired) electrons. The molecule has 7 heteroatoms. The normalized spacial score (nSPS) is 12.2. The predicted molar refractivity (Wildman–Crippen MR) is 71.5 cm³/mol. The van der Waals surface area contributed by atoms with Crippen LogP contribution in [-0.4, -0.2) is 25.8 Å². The lowest BCUT2D eigenvalue weighted by Crippen LogP contribution is -2.14. The Labute approximate surface area is 115 Å². The summed E-state index contributed by atoms with van der Waals surface area (Å²) in [6.07, 6.45) is 1.59. The zero-order chi connectivity index (χ0) is 14.0. The molecule has 0 spiro atoms. The topological polar surface area (TPSA) is 80.0 Å². The number of halogens is 1. The van der Waals surface area contributed by atoms with Gasteiger partial charge in [0.05, 0.1) is 11.6 Å². The van der Waals surface area contributed by atoms with E-state index in [0.29, 0.717) is 16.5 Å². The van der Waals surface area contributed by atoms with Crippen LogP contribution in [0.15, 0.2) is 24.5 Å². The van der Waals surface area contributed by atoms with Gasteiger partial charge in [0.2, 0.25) is 0 Å². The molecule has 1 unspecified atom stereocenters. The van der Waals surface area contributed by atoms with Crippen LogP contribution in [0.1, 0.15) is 29.1 Å². The standard InChI is InChI=1S/C12H13ClN4O2/c1-7(11-16-14-6-17(11)2)15-10-4-3-8(13)5-9(10)12(18)19/h3-7,15H,1-2H3,(H,18,19). The van der Waals surface area contributed by atoms with Gasteiger partial charge in [-0.05, 0) is 25.1 Å². The maximum Gasteiger partial charge on any atom is 0.337 e. The lowest BCUT2D eigenvalue weighted by Gasteiger charge is -2.16. The molecular formula is C12H13ClN4O2. The zero-order valence-electron chi connectivity index (χ0n) is 10.5. The molecule has 0 aliphatic heterocycles. The third kappa shape index (κ3) is 2.85. The molecule has 0 fully saturated rings. The first-order valence-corrected chi connectivity index (χ1v) is 6.00. The number of carboxylic acid groups (broad SMARTS) is 1. The van der Waals surface area contributed by atoms with E-state index in [0.717, 1.165) is 0 Å². The Balaban J connectivity index is 2.29. The number of nitrogens with zero attached hydrogens (tertiary/aromatic N) is 3. The SMILES string of the molecule is CC(Nc1ccc(Cl)cc1C(=O)O)c1nncn1C. The molecule has 100 valence electrons. The summed E-state index contributed by atoms with van der Waals surface area (Å²) in [4.78, 5) is 11.2. The van der Waals surface area contributed by atoms with Crippen LogP contribution in [0.25, 0.3) is 0 Å². The van der Waals surface area contributed by atoms with Crippen LogP contribution in [-0.2, 0) is 7.05 Å². The lowest BCUT2D eigenvalue weighted by atomic mass is 10.1. The van der Waals surface area contributed by atoms with Gasteiger partial charge >= 0.3 is 5.97 Å². The molecule has 0 saturated heterocycles. The van der Waals surface area contributed by atoms with Crippen molar-refractivity contribution in [2.45, 2.75) is 13.0 Å². The number of rotatable bonds is 4. The van der Waals surface area contributed by atoms with E-state index in [1.54, 1.807) is 23.0 Å². The van der Waals surface area contributed by atoms with Crippen molar-refractivity contribution in [2.75, 3.05) is 5.32 Å². The molecule has 6 nitrogen and oxygen atoms in total. The van der Waals surface area contributed by atoms with Gasteiger partial charge in [0.15, 0.2) is 5.82 Å². The summed E-state index contributed by atoms with van der Waals surface area (Å²) in [7, 11) is 1.83. The van der Waals surface area contributed by atoms with E-state index in [1.807, 2.05) is 14.0 Å². The van der Waals surface area contributed by atoms with Gasteiger partial charge in [-0.15, -0.1) is 10.2 Å². The Kier molecular flexibility index (Phi) is 3.71. The van der Waals surface area contributed by atoms with E-state index in [9.17, 15) is 4.79 Å². The first kappa shape index (κ1) is 13.4. The largest absolute Gasteiger partial charge is 0.478 e. The number of hydrogen-bond acceptors (Lipinski definition) is 4. The quantitative estimate of drug-likeness (QED) is 0.898. The minimum Gasteiger partial charge on any atom is -0.478 e. The molecule has 19 heavy (non-hydrogen) atoms. The van der Waals surface area contributed by atoms with Crippen LogP contribution in [0.5, 0.6) is 0 Å². The van der Waals surface area contributed by atoms with Crippen molar-refractivity contribution in [1.82, 2.24) is 14.8 Å². The highest BCUT2D eigenvalue weighted by molar-refractivity contribution is 6.31. The summed E-state index contributed by atoms with van der Waals surface area (Å²) in [5, 5.41) is 20.4. The number of hydrogen-bond donors (Lipinski definition) is 2. The van der Waals surface area contributed by atoms with Gasteiger partial charge in [0.1, 0.15) is 6.33 Å². The molecule has 0 amide bonds. The molecule has 1 aromatic carbocycles. The molecule has 0 bridgehead atoms. The fourth-order valence-corrected chi connectivity index (χ4v) is 1.97. The summed E-state index contributed by atoms with van der Waals surface area (Å²) in [5.41, 5.74) is 0.619. The number of aromatic carboxylic acids is 1. The molecule has 2 aromatic rings. The summed E-state index contributed by atoms with van der Waals surface area (Å²) in [6, 6.07) is 4.51. The predicted octanol–water partition coefficient (Wildman–Crippen LogP) is 2.34. The molecule has 0 aliphatic carbocycles. The Morgan fingerprint density at radius 1 is 1.53 bits per heavy atom. The molecule has 0 saturated carbocycles. The van der Waals surface area contributed by atoms with Crippen molar-refractivity contribution >= 4 is 23.3 Å². The van der Waals surface area contributed by atoms with Crippen molar-refractivity contribution in [3.63, 3.8) is 0 Å². The second-order valence-corrected chi connectivity index (χ2v) is 4.60. The fourth-order valence-electron chi connectivity index (χ4n) is 1.80. The minimum absolute atomic E-state index is 0.126. The highest BCUT2D eigenvalue weighted by atomic mass is 35.5. The average Bonchev–Trinajstić information content (AvgIpc) is 2.77. The molecule has 2 rings (SSSR count).